The predicted molar refractivity (Wildman–Crippen MR) is 57.7 cm³/mol. The van der Waals surface area contributed by atoms with Gasteiger partial charge in [0.25, 0.3) is 0 Å². The van der Waals surface area contributed by atoms with Gasteiger partial charge in [-0.3, -0.25) is 9.78 Å². The van der Waals surface area contributed by atoms with Crippen LogP contribution in [0.4, 0.5) is 17.6 Å². The fraction of sp³-hybridized carbons (Fsp3) is 0.455. The SMILES string of the molecule is CCOC(=O)Cc1c(CF)ncc(O)c1OC(F)(F)F. The van der Waals surface area contributed by atoms with Crippen LogP contribution in [0.1, 0.15) is 18.2 Å². The lowest BCUT2D eigenvalue weighted by Crippen LogP contribution is -2.20. The molecule has 0 radical (unpaired) electrons. The van der Waals surface area contributed by atoms with Gasteiger partial charge in [0.05, 0.1) is 24.9 Å². The average Bonchev–Trinajstić information content (AvgIpc) is 2.33. The Labute approximate surface area is 111 Å². The summed E-state index contributed by atoms with van der Waals surface area (Å²) in [6.45, 7) is 0.288. The minimum absolute atomic E-state index is 0.00545. The topological polar surface area (TPSA) is 68.7 Å². The number of carbonyl (C=O) groups is 1. The summed E-state index contributed by atoms with van der Waals surface area (Å²) < 4.78 is 57.7. The zero-order chi connectivity index (χ0) is 15.3. The molecule has 20 heavy (non-hydrogen) atoms. The van der Waals surface area contributed by atoms with E-state index in [1.807, 2.05) is 0 Å². The molecule has 0 atom stereocenters. The van der Waals surface area contributed by atoms with Crippen molar-refractivity contribution in [2.75, 3.05) is 6.61 Å². The van der Waals surface area contributed by atoms with Crippen LogP contribution in [-0.2, 0) is 22.6 Å². The third-order valence-electron chi connectivity index (χ3n) is 2.17. The van der Waals surface area contributed by atoms with Gasteiger partial charge in [0.1, 0.15) is 6.67 Å². The van der Waals surface area contributed by atoms with Crippen molar-refractivity contribution >= 4 is 5.97 Å². The fourth-order valence-corrected chi connectivity index (χ4v) is 1.44. The number of carbonyl (C=O) groups excluding carboxylic acids is 1. The first-order valence-electron chi connectivity index (χ1n) is 5.45. The molecule has 1 aromatic heterocycles. The molecule has 0 spiro atoms. The van der Waals surface area contributed by atoms with Crippen LogP contribution in [0.5, 0.6) is 11.5 Å². The first-order valence-corrected chi connectivity index (χ1v) is 5.45. The molecule has 112 valence electrons. The van der Waals surface area contributed by atoms with E-state index in [9.17, 15) is 27.5 Å². The number of alkyl halides is 4. The minimum Gasteiger partial charge on any atom is -0.503 e. The van der Waals surface area contributed by atoms with Crippen LogP contribution >= 0.6 is 0 Å². The van der Waals surface area contributed by atoms with Gasteiger partial charge >= 0.3 is 12.3 Å². The van der Waals surface area contributed by atoms with Crippen LogP contribution in [0.25, 0.3) is 0 Å². The third kappa shape index (κ3) is 4.25. The summed E-state index contributed by atoms with van der Waals surface area (Å²) in [5, 5.41) is 9.36. The van der Waals surface area contributed by atoms with E-state index >= 15 is 0 Å². The van der Waals surface area contributed by atoms with Crippen molar-refractivity contribution in [3.63, 3.8) is 0 Å². The third-order valence-corrected chi connectivity index (χ3v) is 2.17. The van der Waals surface area contributed by atoms with Gasteiger partial charge in [-0.05, 0) is 6.92 Å². The second kappa shape index (κ2) is 6.40. The van der Waals surface area contributed by atoms with E-state index in [1.165, 1.54) is 6.92 Å². The number of hydrogen-bond acceptors (Lipinski definition) is 5. The first kappa shape index (κ1) is 16.0. The van der Waals surface area contributed by atoms with E-state index in [-0.39, 0.29) is 6.61 Å². The van der Waals surface area contributed by atoms with E-state index < -0.39 is 48.2 Å². The monoisotopic (exact) mass is 297 g/mol. The Balaban J connectivity index is 3.21. The highest BCUT2D eigenvalue weighted by molar-refractivity contribution is 5.74. The highest BCUT2D eigenvalue weighted by Gasteiger charge is 2.34. The van der Waals surface area contributed by atoms with E-state index in [0.717, 1.165) is 0 Å². The number of ether oxygens (including phenoxy) is 2. The molecular formula is C11H11F4NO4. The Hall–Kier alpha value is -2.06. The van der Waals surface area contributed by atoms with Crippen molar-refractivity contribution in [2.24, 2.45) is 0 Å². The molecule has 1 N–H and O–H groups in total. The molecule has 0 aromatic carbocycles. The number of esters is 1. The maximum Gasteiger partial charge on any atom is 0.573 e. The number of rotatable bonds is 5. The van der Waals surface area contributed by atoms with Crippen LogP contribution in [0.15, 0.2) is 6.20 Å². The zero-order valence-corrected chi connectivity index (χ0v) is 10.3. The average molecular weight is 297 g/mol. The van der Waals surface area contributed by atoms with Crippen molar-refractivity contribution in [3.05, 3.63) is 17.5 Å². The number of aromatic nitrogens is 1. The van der Waals surface area contributed by atoms with Gasteiger partial charge in [-0.25, -0.2) is 4.39 Å². The number of halogens is 4. The highest BCUT2D eigenvalue weighted by atomic mass is 19.4. The highest BCUT2D eigenvalue weighted by Crippen LogP contribution is 2.36. The fourth-order valence-electron chi connectivity index (χ4n) is 1.44. The zero-order valence-electron chi connectivity index (χ0n) is 10.3. The number of hydrogen-bond donors (Lipinski definition) is 1. The van der Waals surface area contributed by atoms with Crippen molar-refractivity contribution in [1.82, 2.24) is 4.98 Å². The van der Waals surface area contributed by atoms with Crippen LogP contribution < -0.4 is 4.74 Å². The van der Waals surface area contributed by atoms with E-state index in [4.69, 9.17) is 0 Å². The van der Waals surface area contributed by atoms with Gasteiger partial charge in [0.15, 0.2) is 11.5 Å². The smallest absolute Gasteiger partial charge is 0.503 e. The van der Waals surface area contributed by atoms with Gasteiger partial charge in [-0.1, -0.05) is 0 Å². The molecule has 1 heterocycles. The summed E-state index contributed by atoms with van der Waals surface area (Å²) >= 11 is 0. The Morgan fingerprint density at radius 2 is 2.10 bits per heavy atom. The summed E-state index contributed by atoms with van der Waals surface area (Å²) in [6, 6.07) is 0. The molecule has 0 saturated carbocycles. The first-order chi connectivity index (χ1) is 9.28. The molecule has 0 fully saturated rings. The number of nitrogens with zero attached hydrogens (tertiary/aromatic N) is 1. The molecule has 0 aliphatic rings. The lowest BCUT2D eigenvalue weighted by molar-refractivity contribution is -0.275. The molecule has 0 aliphatic heterocycles. The second-order valence-electron chi connectivity index (χ2n) is 3.56. The van der Waals surface area contributed by atoms with Gasteiger partial charge in [-0.15, -0.1) is 13.2 Å². The molecule has 5 nitrogen and oxygen atoms in total. The normalized spacial score (nSPS) is 11.2. The van der Waals surface area contributed by atoms with Crippen LogP contribution in [0.2, 0.25) is 0 Å². The second-order valence-corrected chi connectivity index (χ2v) is 3.56. The summed E-state index contributed by atoms with van der Waals surface area (Å²) in [5.74, 6) is -2.88. The van der Waals surface area contributed by atoms with E-state index in [0.29, 0.717) is 6.20 Å². The molecule has 9 heteroatoms. The van der Waals surface area contributed by atoms with Crippen molar-refractivity contribution in [3.8, 4) is 11.5 Å². The molecule has 0 bridgehead atoms. The molecule has 0 unspecified atom stereocenters. The Morgan fingerprint density at radius 1 is 1.45 bits per heavy atom. The Kier molecular flexibility index (Phi) is 5.12. The van der Waals surface area contributed by atoms with Gasteiger partial charge in [0.2, 0.25) is 0 Å². The molecule has 1 rings (SSSR count). The van der Waals surface area contributed by atoms with E-state index in [2.05, 4.69) is 14.5 Å². The van der Waals surface area contributed by atoms with Crippen LogP contribution in [0.3, 0.4) is 0 Å². The van der Waals surface area contributed by atoms with Crippen LogP contribution in [0, 0.1) is 0 Å². The maximum atomic E-state index is 12.7. The maximum absolute atomic E-state index is 12.7. The van der Waals surface area contributed by atoms with Crippen LogP contribution in [-0.4, -0.2) is 29.0 Å². The molecule has 0 saturated heterocycles. The van der Waals surface area contributed by atoms with E-state index in [1.54, 1.807) is 0 Å². The Bertz CT molecular complexity index is 490. The number of pyridine rings is 1. The largest absolute Gasteiger partial charge is 0.573 e. The van der Waals surface area contributed by atoms with Crippen molar-refractivity contribution < 1.29 is 36.9 Å². The standard InChI is InChI=1S/C11H11F4NO4/c1-2-19-9(18)3-6-7(4-12)16-5-8(17)10(6)20-11(13,14)15/h5,17H,2-4H2,1H3. The number of aromatic hydroxyl groups is 1. The molecule has 0 amide bonds. The Morgan fingerprint density at radius 3 is 2.60 bits per heavy atom. The molecular weight excluding hydrogens is 286 g/mol. The van der Waals surface area contributed by atoms with Gasteiger partial charge in [-0.2, -0.15) is 0 Å². The van der Waals surface area contributed by atoms with Gasteiger partial charge < -0.3 is 14.6 Å². The minimum atomic E-state index is -5.10. The van der Waals surface area contributed by atoms with Gasteiger partial charge in [0, 0.05) is 5.56 Å². The lowest BCUT2D eigenvalue weighted by atomic mass is 10.1. The van der Waals surface area contributed by atoms with Crippen molar-refractivity contribution in [1.29, 1.82) is 0 Å². The summed E-state index contributed by atoms with van der Waals surface area (Å²) in [4.78, 5) is 14.7. The summed E-state index contributed by atoms with van der Waals surface area (Å²) in [5.41, 5.74) is -0.932. The lowest BCUT2D eigenvalue weighted by Gasteiger charge is -2.15. The quantitative estimate of drug-likeness (QED) is 0.667. The summed E-state index contributed by atoms with van der Waals surface area (Å²) in [6.07, 6.45) is -5.18. The molecule has 1 aromatic rings. The predicted octanol–water partition coefficient (Wildman–Crippen LogP) is 2.26. The van der Waals surface area contributed by atoms with Crippen molar-refractivity contribution in [2.45, 2.75) is 26.4 Å². The molecule has 0 aliphatic carbocycles. The summed E-state index contributed by atoms with van der Waals surface area (Å²) in [7, 11) is 0.